The molecule has 0 radical (unpaired) electrons. The largest absolute Gasteiger partial charge is 0.295 e. The van der Waals surface area contributed by atoms with Gasteiger partial charge in [0, 0.05) is 29.6 Å². The van der Waals surface area contributed by atoms with E-state index in [1.54, 1.807) is 0 Å². The zero-order valence-corrected chi connectivity index (χ0v) is 15.6. The molecule has 1 aromatic carbocycles. The Morgan fingerprint density at radius 3 is 2.38 bits per heavy atom. The average Bonchev–Trinajstić information content (AvgIpc) is 3.53. The third-order valence-corrected chi connectivity index (χ3v) is 6.49. The number of sulfonamides is 1. The maximum Gasteiger partial charge on any atom is 0.240 e. The first-order valence-electron chi connectivity index (χ1n) is 9.12. The van der Waals surface area contributed by atoms with E-state index in [0.29, 0.717) is 30.5 Å². The molecule has 0 atom stereocenters. The van der Waals surface area contributed by atoms with E-state index in [-0.39, 0.29) is 10.7 Å². The highest BCUT2D eigenvalue weighted by Crippen LogP contribution is 2.44. The maximum atomic E-state index is 12.4. The van der Waals surface area contributed by atoms with E-state index in [4.69, 9.17) is 5.10 Å². The number of rotatable bonds is 8. The predicted molar refractivity (Wildman–Crippen MR) is 97.8 cm³/mol. The van der Waals surface area contributed by atoms with Gasteiger partial charge >= 0.3 is 0 Å². The van der Waals surface area contributed by atoms with Crippen molar-refractivity contribution in [1.29, 1.82) is 0 Å². The highest BCUT2D eigenvalue weighted by molar-refractivity contribution is 7.89. The smallest absolute Gasteiger partial charge is 0.240 e. The fourth-order valence-corrected chi connectivity index (χ4v) is 4.18. The molecule has 0 saturated heterocycles. The Hall–Kier alpha value is -1.99. The van der Waals surface area contributed by atoms with Gasteiger partial charge in [-0.15, -0.1) is 0 Å². The zero-order valence-electron chi connectivity index (χ0n) is 14.8. The van der Waals surface area contributed by atoms with Gasteiger partial charge in [0.05, 0.1) is 17.1 Å². The summed E-state index contributed by atoms with van der Waals surface area (Å²) < 4.78 is 29.5. The van der Waals surface area contributed by atoms with Crippen LogP contribution in [0.2, 0.25) is 0 Å². The molecule has 0 bridgehead atoms. The minimum atomic E-state index is -3.59. The lowest BCUT2D eigenvalue weighted by molar-refractivity contribution is 0.101. The number of aromatic nitrogens is 2. The number of carbonyl (C=O) groups is 1. The highest BCUT2D eigenvalue weighted by atomic mass is 32.2. The third-order valence-electron chi connectivity index (χ3n) is 5.01. The van der Waals surface area contributed by atoms with E-state index < -0.39 is 10.0 Å². The average molecular weight is 373 g/mol. The van der Waals surface area contributed by atoms with Crippen LogP contribution in [-0.2, 0) is 16.6 Å². The standard InChI is InChI=1S/C19H23N3O3S/c1-13(23)14-6-8-17(9-7-14)26(24,25)20-10-11-22-19(16-4-5-16)12-18(21-22)15-2-3-15/h6-9,12,15-16,20H,2-5,10-11H2,1H3. The molecule has 2 fully saturated rings. The van der Waals surface area contributed by atoms with Gasteiger partial charge in [-0.1, -0.05) is 12.1 Å². The maximum absolute atomic E-state index is 12.4. The Labute approximate surface area is 153 Å². The first kappa shape index (κ1) is 17.4. The van der Waals surface area contributed by atoms with Crippen molar-refractivity contribution >= 4 is 15.8 Å². The molecule has 0 amide bonds. The molecule has 6 nitrogen and oxygen atoms in total. The fraction of sp³-hybridized carbons (Fsp3) is 0.474. The number of carbonyl (C=O) groups excluding carboxylic acids is 1. The third kappa shape index (κ3) is 3.73. The van der Waals surface area contributed by atoms with Crippen molar-refractivity contribution in [2.45, 2.75) is 55.9 Å². The summed E-state index contributed by atoms with van der Waals surface area (Å²) >= 11 is 0. The molecule has 2 aliphatic carbocycles. The zero-order chi connectivity index (χ0) is 18.3. The minimum absolute atomic E-state index is 0.0836. The summed E-state index contributed by atoms with van der Waals surface area (Å²) in [6.07, 6.45) is 4.82. The summed E-state index contributed by atoms with van der Waals surface area (Å²) in [4.78, 5) is 11.5. The molecule has 2 saturated carbocycles. The Bertz CT molecular complexity index is 923. The van der Waals surface area contributed by atoms with E-state index >= 15 is 0 Å². The molecule has 26 heavy (non-hydrogen) atoms. The Kier molecular flexibility index (Phi) is 4.44. The Balaban J connectivity index is 1.41. The summed E-state index contributed by atoms with van der Waals surface area (Å²) in [5.41, 5.74) is 2.91. The Morgan fingerprint density at radius 1 is 1.15 bits per heavy atom. The predicted octanol–water partition coefficient (Wildman–Crippen LogP) is 2.82. The minimum Gasteiger partial charge on any atom is -0.295 e. The Morgan fingerprint density at radius 2 is 1.81 bits per heavy atom. The first-order chi connectivity index (χ1) is 12.4. The van der Waals surface area contributed by atoms with Crippen LogP contribution in [0.25, 0.3) is 0 Å². The number of hydrogen-bond donors (Lipinski definition) is 1. The van der Waals surface area contributed by atoms with Gasteiger partial charge in [0.1, 0.15) is 0 Å². The molecule has 2 aliphatic rings. The summed E-state index contributed by atoms with van der Waals surface area (Å²) in [7, 11) is -3.59. The topological polar surface area (TPSA) is 81.1 Å². The van der Waals surface area contributed by atoms with Gasteiger partial charge in [-0.3, -0.25) is 9.48 Å². The summed E-state index contributed by atoms with van der Waals surface area (Å²) in [5, 5.41) is 4.70. The SMILES string of the molecule is CC(=O)c1ccc(S(=O)(=O)NCCn2nc(C3CC3)cc2C2CC2)cc1. The highest BCUT2D eigenvalue weighted by Gasteiger charge is 2.32. The molecule has 1 aromatic heterocycles. The van der Waals surface area contributed by atoms with Gasteiger partial charge in [-0.2, -0.15) is 5.10 Å². The summed E-state index contributed by atoms with van der Waals surface area (Å²) in [5.74, 6) is 1.11. The number of ketones is 1. The molecule has 0 spiro atoms. The van der Waals surface area contributed by atoms with Crippen LogP contribution in [0.15, 0.2) is 35.2 Å². The molecule has 138 valence electrons. The van der Waals surface area contributed by atoms with Gasteiger partial charge in [0.2, 0.25) is 10.0 Å². The van der Waals surface area contributed by atoms with Crippen LogP contribution in [0.5, 0.6) is 0 Å². The summed E-state index contributed by atoms with van der Waals surface area (Å²) in [6.45, 7) is 2.28. The van der Waals surface area contributed by atoms with E-state index in [1.807, 2.05) is 4.68 Å². The lowest BCUT2D eigenvalue weighted by Gasteiger charge is -2.09. The molecular formula is C19H23N3O3S. The van der Waals surface area contributed by atoms with E-state index in [0.717, 1.165) is 5.69 Å². The molecule has 1 heterocycles. The number of Topliss-reactive ketones (excluding diaryl/α,β-unsaturated/α-hetero) is 1. The van der Waals surface area contributed by atoms with Crippen molar-refractivity contribution in [1.82, 2.24) is 14.5 Å². The molecule has 7 heteroatoms. The number of nitrogens with one attached hydrogen (secondary N) is 1. The van der Waals surface area contributed by atoms with Gasteiger partial charge in [0.25, 0.3) is 0 Å². The monoisotopic (exact) mass is 373 g/mol. The van der Waals surface area contributed by atoms with E-state index in [9.17, 15) is 13.2 Å². The lowest BCUT2D eigenvalue weighted by atomic mass is 10.2. The van der Waals surface area contributed by atoms with Crippen LogP contribution in [0.1, 0.15) is 66.2 Å². The molecule has 2 aromatic rings. The van der Waals surface area contributed by atoms with Crippen LogP contribution in [0.4, 0.5) is 0 Å². The number of nitrogens with zero attached hydrogens (tertiary/aromatic N) is 2. The van der Waals surface area contributed by atoms with Crippen LogP contribution < -0.4 is 4.72 Å². The van der Waals surface area contributed by atoms with Crippen molar-refractivity contribution in [3.63, 3.8) is 0 Å². The molecule has 1 N–H and O–H groups in total. The van der Waals surface area contributed by atoms with Crippen molar-refractivity contribution in [3.8, 4) is 0 Å². The van der Waals surface area contributed by atoms with Gasteiger partial charge < -0.3 is 0 Å². The molecule has 0 aliphatic heterocycles. The van der Waals surface area contributed by atoms with Crippen LogP contribution in [0.3, 0.4) is 0 Å². The normalized spacial score (nSPS) is 17.4. The number of benzene rings is 1. The van der Waals surface area contributed by atoms with Crippen molar-refractivity contribution < 1.29 is 13.2 Å². The second-order valence-electron chi connectivity index (χ2n) is 7.24. The molecular weight excluding hydrogens is 350 g/mol. The van der Waals surface area contributed by atoms with E-state index in [1.165, 1.54) is 62.6 Å². The second kappa shape index (κ2) is 6.63. The number of hydrogen-bond acceptors (Lipinski definition) is 4. The van der Waals surface area contributed by atoms with Gasteiger partial charge in [0.15, 0.2) is 5.78 Å². The lowest BCUT2D eigenvalue weighted by Crippen LogP contribution is -2.28. The second-order valence-corrected chi connectivity index (χ2v) is 9.01. The first-order valence-corrected chi connectivity index (χ1v) is 10.6. The van der Waals surface area contributed by atoms with Crippen molar-refractivity contribution in [2.75, 3.05) is 6.54 Å². The van der Waals surface area contributed by atoms with Crippen molar-refractivity contribution in [2.24, 2.45) is 0 Å². The van der Waals surface area contributed by atoms with Crippen LogP contribution >= 0.6 is 0 Å². The van der Waals surface area contributed by atoms with E-state index in [2.05, 4.69) is 10.8 Å². The fourth-order valence-electron chi connectivity index (χ4n) is 3.16. The molecule has 0 unspecified atom stereocenters. The van der Waals surface area contributed by atoms with Crippen molar-refractivity contribution in [3.05, 3.63) is 47.3 Å². The van der Waals surface area contributed by atoms with Crippen LogP contribution in [0, 0.1) is 0 Å². The van der Waals surface area contributed by atoms with Crippen LogP contribution in [-0.4, -0.2) is 30.5 Å². The molecule has 4 rings (SSSR count). The van der Waals surface area contributed by atoms with Gasteiger partial charge in [-0.25, -0.2) is 13.1 Å². The quantitative estimate of drug-likeness (QED) is 0.722. The summed E-state index contributed by atoms with van der Waals surface area (Å²) in [6, 6.07) is 8.22. The van der Waals surface area contributed by atoms with Gasteiger partial charge in [-0.05, 0) is 50.8 Å².